The van der Waals surface area contributed by atoms with E-state index in [9.17, 15) is 4.39 Å². The number of rotatable bonds is 6. The molecule has 0 spiro atoms. The van der Waals surface area contributed by atoms with Gasteiger partial charge in [0, 0.05) is 5.56 Å². The maximum absolute atomic E-state index is 13.0. The molecule has 0 fully saturated rings. The normalized spacial score (nSPS) is 12.0. The fourth-order valence-electron chi connectivity index (χ4n) is 2.45. The molecule has 130 valence electrons. The summed E-state index contributed by atoms with van der Waals surface area (Å²) in [6.07, 6.45) is 0. The zero-order valence-corrected chi connectivity index (χ0v) is 14.0. The Morgan fingerprint density at radius 1 is 1.16 bits per heavy atom. The highest BCUT2D eigenvalue weighted by molar-refractivity contribution is 5.61. The Balaban J connectivity index is 1.87. The minimum Gasteiger partial charge on any atom is -0.493 e. The number of hydrogen-bond acceptors (Lipinski definition) is 5. The highest BCUT2D eigenvalue weighted by Gasteiger charge is 2.16. The molecule has 1 heterocycles. The van der Waals surface area contributed by atoms with Gasteiger partial charge in [0.25, 0.3) is 0 Å². The predicted molar refractivity (Wildman–Crippen MR) is 92.0 cm³/mol. The topological polar surface area (TPSA) is 86.0 Å². The molecule has 1 aromatic heterocycles. The van der Waals surface area contributed by atoms with E-state index in [1.165, 1.54) is 12.1 Å². The summed E-state index contributed by atoms with van der Waals surface area (Å²) in [4.78, 5) is 4.45. The quantitative estimate of drug-likeness (QED) is 0.719. The van der Waals surface area contributed by atoms with Gasteiger partial charge in [0.05, 0.1) is 19.8 Å². The van der Waals surface area contributed by atoms with Crippen molar-refractivity contribution in [2.24, 2.45) is 5.73 Å². The van der Waals surface area contributed by atoms with Crippen molar-refractivity contribution in [3.63, 3.8) is 0 Å². The molecule has 1 unspecified atom stereocenters. The molecule has 0 bridgehead atoms. The third-order valence-corrected chi connectivity index (χ3v) is 3.75. The average Bonchev–Trinajstić information content (AvgIpc) is 3.12. The summed E-state index contributed by atoms with van der Waals surface area (Å²) in [6, 6.07) is 10.9. The standard InChI is InChI=1S/C18H19FN4O2/c1-3-25-14-9-6-12(10-15(14)24-2)17-21-18(23-22-17)16(20)11-4-7-13(19)8-5-11/h4-10,16H,3,20H2,1-2H3,(H,21,22,23). The third kappa shape index (κ3) is 3.61. The predicted octanol–water partition coefficient (Wildman–Crippen LogP) is 3.07. The van der Waals surface area contributed by atoms with Crippen LogP contribution in [0.4, 0.5) is 4.39 Å². The molecular weight excluding hydrogens is 323 g/mol. The van der Waals surface area contributed by atoms with E-state index in [1.807, 2.05) is 19.1 Å². The van der Waals surface area contributed by atoms with Crippen LogP contribution in [0.25, 0.3) is 11.4 Å². The smallest absolute Gasteiger partial charge is 0.181 e. The molecule has 0 saturated carbocycles. The van der Waals surface area contributed by atoms with Gasteiger partial charge in [-0.3, -0.25) is 5.10 Å². The van der Waals surface area contributed by atoms with Crippen LogP contribution in [-0.2, 0) is 0 Å². The number of nitrogens with two attached hydrogens (primary N) is 1. The summed E-state index contributed by atoms with van der Waals surface area (Å²) >= 11 is 0. The summed E-state index contributed by atoms with van der Waals surface area (Å²) in [5.74, 6) is 1.94. The summed E-state index contributed by atoms with van der Waals surface area (Å²) in [6.45, 7) is 2.46. The Morgan fingerprint density at radius 2 is 1.92 bits per heavy atom. The van der Waals surface area contributed by atoms with Crippen LogP contribution in [0, 0.1) is 5.82 Å². The van der Waals surface area contributed by atoms with Gasteiger partial charge in [-0.25, -0.2) is 9.37 Å². The third-order valence-electron chi connectivity index (χ3n) is 3.75. The largest absolute Gasteiger partial charge is 0.493 e. The monoisotopic (exact) mass is 342 g/mol. The van der Waals surface area contributed by atoms with Crippen molar-refractivity contribution in [3.05, 3.63) is 59.7 Å². The molecule has 0 saturated heterocycles. The molecular formula is C18H19FN4O2. The summed E-state index contributed by atoms with van der Waals surface area (Å²) < 4.78 is 23.9. The van der Waals surface area contributed by atoms with E-state index in [0.717, 1.165) is 11.1 Å². The summed E-state index contributed by atoms with van der Waals surface area (Å²) in [5, 5.41) is 7.06. The van der Waals surface area contributed by atoms with E-state index >= 15 is 0 Å². The van der Waals surface area contributed by atoms with Gasteiger partial charge in [-0.2, -0.15) is 5.10 Å². The van der Waals surface area contributed by atoms with Crippen molar-refractivity contribution in [1.82, 2.24) is 15.2 Å². The van der Waals surface area contributed by atoms with E-state index in [-0.39, 0.29) is 5.82 Å². The van der Waals surface area contributed by atoms with E-state index in [1.54, 1.807) is 25.3 Å². The zero-order chi connectivity index (χ0) is 17.8. The highest BCUT2D eigenvalue weighted by Crippen LogP contribution is 2.31. The molecule has 3 rings (SSSR count). The van der Waals surface area contributed by atoms with Gasteiger partial charge < -0.3 is 15.2 Å². The van der Waals surface area contributed by atoms with Gasteiger partial charge in [0.1, 0.15) is 11.6 Å². The van der Waals surface area contributed by atoms with E-state index in [4.69, 9.17) is 15.2 Å². The maximum atomic E-state index is 13.0. The number of aromatic amines is 1. The van der Waals surface area contributed by atoms with Crippen LogP contribution in [0.15, 0.2) is 42.5 Å². The van der Waals surface area contributed by atoms with Crippen LogP contribution >= 0.6 is 0 Å². The number of methoxy groups -OCH3 is 1. The van der Waals surface area contributed by atoms with Crippen LogP contribution in [0.1, 0.15) is 24.4 Å². The van der Waals surface area contributed by atoms with Crippen molar-refractivity contribution in [3.8, 4) is 22.9 Å². The Hall–Kier alpha value is -2.93. The van der Waals surface area contributed by atoms with E-state index < -0.39 is 6.04 Å². The molecule has 1 atom stereocenters. The molecule has 7 heteroatoms. The van der Waals surface area contributed by atoms with Crippen LogP contribution in [0.5, 0.6) is 11.5 Å². The number of benzene rings is 2. The minimum atomic E-state index is -0.522. The Labute approximate surface area is 144 Å². The first-order valence-electron chi connectivity index (χ1n) is 7.87. The Morgan fingerprint density at radius 3 is 2.60 bits per heavy atom. The van der Waals surface area contributed by atoms with Crippen LogP contribution < -0.4 is 15.2 Å². The van der Waals surface area contributed by atoms with Crippen LogP contribution in [0.3, 0.4) is 0 Å². The zero-order valence-electron chi connectivity index (χ0n) is 14.0. The minimum absolute atomic E-state index is 0.310. The first-order chi connectivity index (χ1) is 12.1. The molecule has 2 aromatic carbocycles. The molecule has 0 radical (unpaired) electrons. The van der Waals surface area contributed by atoms with E-state index in [2.05, 4.69) is 15.2 Å². The van der Waals surface area contributed by atoms with Crippen LogP contribution in [0.2, 0.25) is 0 Å². The summed E-state index contributed by atoms with van der Waals surface area (Å²) in [7, 11) is 1.58. The van der Waals surface area contributed by atoms with Gasteiger partial charge in [-0.15, -0.1) is 0 Å². The van der Waals surface area contributed by atoms with Crippen LogP contribution in [-0.4, -0.2) is 28.9 Å². The lowest BCUT2D eigenvalue weighted by molar-refractivity contribution is 0.311. The number of halogens is 1. The van der Waals surface area contributed by atoms with Gasteiger partial charge in [-0.1, -0.05) is 12.1 Å². The van der Waals surface area contributed by atoms with Crippen molar-refractivity contribution in [2.75, 3.05) is 13.7 Å². The van der Waals surface area contributed by atoms with Crippen molar-refractivity contribution < 1.29 is 13.9 Å². The van der Waals surface area contributed by atoms with Gasteiger partial charge in [0.15, 0.2) is 17.3 Å². The lowest BCUT2D eigenvalue weighted by atomic mass is 10.1. The Bertz CT molecular complexity index is 849. The number of aromatic nitrogens is 3. The maximum Gasteiger partial charge on any atom is 0.181 e. The summed E-state index contributed by atoms with van der Waals surface area (Å²) in [5.41, 5.74) is 7.69. The van der Waals surface area contributed by atoms with Crippen molar-refractivity contribution in [1.29, 1.82) is 0 Å². The Kier molecular flexibility index (Phi) is 4.95. The second-order valence-electron chi connectivity index (χ2n) is 5.37. The average molecular weight is 342 g/mol. The van der Waals surface area contributed by atoms with Gasteiger partial charge >= 0.3 is 0 Å². The van der Waals surface area contributed by atoms with Crippen molar-refractivity contribution >= 4 is 0 Å². The molecule has 6 nitrogen and oxygen atoms in total. The second kappa shape index (κ2) is 7.31. The van der Waals surface area contributed by atoms with Crippen molar-refractivity contribution in [2.45, 2.75) is 13.0 Å². The number of H-pyrrole nitrogens is 1. The molecule has 3 N–H and O–H groups in total. The van der Waals surface area contributed by atoms with E-state index in [0.29, 0.717) is 29.8 Å². The number of nitrogens with one attached hydrogen (secondary N) is 1. The number of nitrogens with zero attached hydrogens (tertiary/aromatic N) is 2. The fourth-order valence-corrected chi connectivity index (χ4v) is 2.45. The molecule has 3 aromatic rings. The highest BCUT2D eigenvalue weighted by atomic mass is 19.1. The first kappa shape index (κ1) is 16.9. The van der Waals surface area contributed by atoms with Gasteiger partial charge in [0.2, 0.25) is 0 Å². The number of hydrogen-bond donors (Lipinski definition) is 2. The van der Waals surface area contributed by atoms with Gasteiger partial charge in [-0.05, 0) is 42.8 Å². The SMILES string of the molecule is CCOc1ccc(-c2n[nH]c(C(N)c3ccc(F)cc3)n2)cc1OC. The fraction of sp³-hybridized carbons (Fsp3) is 0.222. The first-order valence-corrected chi connectivity index (χ1v) is 7.87. The lowest BCUT2D eigenvalue weighted by Crippen LogP contribution is -2.13. The molecule has 0 amide bonds. The lowest BCUT2D eigenvalue weighted by Gasteiger charge is -2.10. The second-order valence-corrected chi connectivity index (χ2v) is 5.37. The molecule has 0 aliphatic heterocycles. The number of ether oxygens (including phenoxy) is 2. The molecule has 25 heavy (non-hydrogen) atoms. The molecule has 0 aliphatic rings. The molecule has 0 aliphatic carbocycles.